The molecular weight excluding hydrogens is 204 g/mol. The molecule has 2 aliphatic rings. The molecule has 4 heteroatoms. The molecule has 2 unspecified atom stereocenters. The van der Waals surface area contributed by atoms with Crippen LogP contribution in [0.25, 0.3) is 0 Å². The Kier molecular flexibility index (Phi) is 2.84. The molecule has 4 nitrogen and oxygen atoms in total. The van der Waals surface area contributed by atoms with Crippen molar-refractivity contribution in [2.75, 3.05) is 6.54 Å². The van der Waals surface area contributed by atoms with Gasteiger partial charge >= 0.3 is 0 Å². The van der Waals surface area contributed by atoms with Crippen LogP contribution in [0, 0.1) is 0 Å². The van der Waals surface area contributed by atoms with Crippen LogP contribution in [0.4, 0.5) is 0 Å². The molecule has 0 spiro atoms. The zero-order valence-corrected chi connectivity index (χ0v) is 10.0. The summed E-state index contributed by atoms with van der Waals surface area (Å²) in [6.45, 7) is 6.44. The summed E-state index contributed by atoms with van der Waals surface area (Å²) in [5.74, 6) is -0.191. The number of carbonyl (C=O) groups is 2. The number of amides is 2. The Morgan fingerprint density at radius 1 is 1.19 bits per heavy atom. The third-order valence-electron chi connectivity index (χ3n) is 3.60. The van der Waals surface area contributed by atoms with E-state index >= 15 is 0 Å². The number of hydrogen-bond acceptors (Lipinski definition) is 3. The monoisotopic (exact) mass is 222 g/mol. The second kappa shape index (κ2) is 4.01. The second-order valence-corrected chi connectivity index (χ2v) is 4.76. The van der Waals surface area contributed by atoms with Crippen molar-refractivity contribution in [1.82, 2.24) is 10.2 Å². The van der Waals surface area contributed by atoms with Crippen LogP contribution >= 0.6 is 0 Å². The van der Waals surface area contributed by atoms with Gasteiger partial charge in [0.25, 0.3) is 11.8 Å². The topological polar surface area (TPSA) is 49.4 Å². The molecule has 0 bridgehead atoms. The van der Waals surface area contributed by atoms with Crippen molar-refractivity contribution < 1.29 is 9.59 Å². The molecule has 0 radical (unpaired) electrons. The van der Waals surface area contributed by atoms with Crippen LogP contribution in [-0.2, 0) is 9.59 Å². The first-order chi connectivity index (χ1) is 7.52. The zero-order valence-electron chi connectivity index (χ0n) is 10.0. The number of hydrogen-bond donors (Lipinski definition) is 1. The number of nitrogens with one attached hydrogen (secondary N) is 1. The van der Waals surface area contributed by atoms with Gasteiger partial charge in [-0.3, -0.25) is 14.5 Å². The lowest BCUT2D eigenvalue weighted by atomic mass is 9.99. The van der Waals surface area contributed by atoms with E-state index in [0.29, 0.717) is 17.2 Å². The minimum atomic E-state index is -0.0957. The highest BCUT2D eigenvalue weighted by Gasteiger charge is 2.39. The van der Waals surface area contributed by atoms with Crippen LogP contribution in [0.2, 0.25) is 0 Å². The van der Waals surface area contributed by atoms with E-state index in [-0.39, 0.29) is 17.9 Å². The summed E-state index contributed by atoms with van der Waals surface area (Å²) < 4.78 is 0. The molecule has 0 aromatic heterocycles. The van der Waals surface area contributed by atoms with Gasteiger partial charge in [0.1, 0.15) is 0 Å². The lowest BCUT2D eigenvalue weighted by Gasteiger charge is -2.33. The van der Waals surface area contributed by atoms with Crippen molar-refractivity contribution in [3.8, 4) is 0 Å². The van der Waals surface area contributed by atoms with E-state index in [0.717, 1.165) is 19.4 Å². The summed E-state index contributed by atoms with van der Waals surface area (Å²) in [6.07, 6.45) is 1.72. The molecule has 1 saturated heterocycles. The van der Waals surface area contributed by atoms with Gasteiger partial charge in [0.05, 0.1) is 0 Å². The maximum Gasteiger partial charge on any atom is 0.257 e. The van der Waals surface area contributed by atoms with Crippen LogP contribution in [0.3, 0.4) is 0 Å². The molecule has 1 fully saturated rings. The Hall–Kier alpha value is -1.16. The number of carbonyl (C=O) groups excluding carboxylic acids is 2. The second-order valence-electron chi connectivity index (χ2n) is 4.76. The van der Waals surface area contributed by atoms with Gasteiger partial charge in [0.15, 0.2) is 0 Å². The summed E-state index contributed by atoms with van der Waals surface area (Å²) in [5.41, 5.74) is 1.22. The van der Waals surface area contributed by atoms with Crippen molar-refractivity contribution >= 4 is 11.8 Å². The van der Waals surface area contributed by atoms with Gasteiger partial charge in [-0.15, -0.1) is 0 Å². The summed E-state index contributed by atoms with van der Waals surface area (Å²) in [7, 11) is 0. The van der Waals surface area contributed by atoms with Crippen LogP contribution in [0.15, 0.2) is 11.1 Å². The maximum absolute atomic E-state index is 12.0. The van der Waals surface area contributed by atoms with Gasteiger partial charge in [-0.1, -0.05) is 0 Å². The zero-order chi connectivity index (χ0) is 11.9. The SMILES string of the molecule is CC1=C(C)C(=O)N(C2CCNC(C)C2)C1=O. The first kappa shape index (κ1) is 11.3. The molecule has 2 amide bonds. The number of imide groups is 1. The van der Waals surface area contributed by atoms with Gasteiger partial charge < -0.3 is 5.32 Å². The third kappa shape index (κ3) is 1.67. The predicted molar refractivity (Wildman–Crippen MR) is 60.7 cm³/mol. The van der Waals surface area contributed by atoms with E-state index in [1.165, 1.54) is 4.90 Å². The molecule has 2 heterocycles. The highest BCUT2D eigenvalue weighted by molar-refractivity contribution is 6.18. The largest absolute Gasteiger partial charge is 0.314 e. The predicted octanol–water partition coefficient (Wildman–Crippen LogP) is 0.832. The first-order valence-electron chi connectivity index (χ1n) is 5.81. The Labute approximate surface area is 95.7 Å². The Morgan fingerprint density at radius 2 is 1.75 bits per heavy atom. The number of nitrogens with zero attached hydrogens (tertiary/aromatic N) is 1. The van der Waals surface area contributed by atoms with Crippen LogP contribution in [0.1, 0.15) is 33.6 Å². The fourth-order valence-electron chi connectivity index (χ4n) is 2.45. The van der Waals surface area contributed by atoms with Crippen LogP contribution in [-0.4, -0.2) is 35.3 Å². The van der Waals surface area contributed by atoms with Crippen molar-refractivity contribution in [3.63, 3.8) is 0 Å². The Balaban J connectivity index is 2.18. The molecular formula is C12H18N2O2. The molecule has 88 valence electrons. The highest BCUT2D eigenvalue weighted by atomic mass is 16.2. The van der Waals surface area contributed by atoms with Gasteiger partial charge in [0, 0.05) is 23.2 Å². The van der Waals surface area contributed by atoms with E-state index in [1.54, 1.807) is 13.8 Å². The summed E-state index contributed by atoms with van der Waals surface area (Å²) >= 11 is 0. The van der Waals surface area contributed by atoms with Gasteiger partial charge in [-0.2, -0.15) is 0 Å². The van der Waals surface area contributed by atoms with Gasteiger partial charge in [-0.05, 0) is 40.2 Å². The van der Waals surface area contributed by atoms with Crippen molar-refractivity contribution in [2.24, 2.45) is 0 Å². The number of piperidine rings is 1. The van der Waals surface area contributed by atoms with E-state index in [2.05, 4.69) is 12.2 Å². The molecule has 2 rings (SSSR count). The smallest absolute Gasteiger partial charge is 0.257 e. The molecule has 1 N–H and O–H groups in total. The fourth-order valence-corrected chi connectivity index (χ4v) is 2.45. The molecule has 2 aliphatic heterocycles. The highest BCUT2D eigenvalue weighted by Crippen LogP contribution is 2.26. The first-order valence-corrected chi connectivity index (χ1v) is 5.81. The summed E-state index contributed by atoms with van der Waals surface area (Å²) in [5, 5.41) is 3.32. The van der Waals surface area contributed by atoms with Crippen molar-refractivity contribution in [3.05, 3.63) is 11.1 Å². The molecule has 16 heavy (non-hydrogen) atoms. The average Bonchev–Trinajstić information content (AvgIpc) is 2.44. The average molecular weight is 222 g/mol. The van der Waals surface area contributed by atoms with E-state index < -0.39 is 0 Å². The molecule has 0 aliphatic carbocycles. The lowest BCUT2D eigenvalue weighted by Crippen LogP contribution is -2.49. The number of rotatable bonds is 1. The molecule has 0 aromatic rings. The summed E-state index contributed by atoms with van der Waals surface area (Å²) in [6, 6.07) is 0.448. The summed E-state index contributed by atoms with van der Waals surface area (Å²) in [4.78, 5) is 25.4. The van der Waals surface area contributed by atoms with Crippen molar-refractivity contribution in [2.45, 2.75) is 45.7 Å². The van der Waals surface area contributed by atoms with Crippen LogP contribution in [0.5, 0.6) is 0 Å². The normalized spacial score (nSPS) is 31.6. The van der Waals surface area contributed by atoms with Crippen molar-refractivity contribution in [1.29, 1.82) is 0 Å². The van der Waals surface area contributed by atoms with E-state index in [9.17, 15) is 9.59 Å². The lowest BCUT2D eigenvalue weighted by molar-refractivity contribution is -0.141. The van der Waals surface area contributed by atoms with Crippen LogP contribution < -0.4 is 5.32 Å². The Bertz CT molecular complexity index is 349. The van der Waals surface area contributed by atoms with Gasteiger partial charge in [0.2, 0.25) is 0 Å². The minimum absolute atomic E-state index is 0.0728. The quantitative estimate of drug-likeness (QED) is 0.669. The third-order valence-corrected chi connectivity index (χ3v) is 3.60. The van der Waals surface area contributed by atoms with E-state index in [1.807, 2.05) is 0 Å². The minimum Gasteiger partial charge on any atom is -0.314 e. The Morgan fingerprint density at radius 3 is 2.25 bits per heavy atom. The molecule has 2 atom stereocenters. The van der Waals surface area contributed by atoms with E-state index in [4.69, 9.17) is 0 Å². The molecule has 0 aromatic carbocycles. The fraction of sp³-hybridized carbons (Fsp3) is 0.667. The maximum atomic E-state index is 12.0. The van der Waals surface area contributed by atoms with Gasteiger partial charge in [-0.25, -0.2) is 0 Å². The molecule has 0 saturated carbocycles. The standard InChI is InChI=1S/C12H18N2O2/c1-7-6-10(4-5-13-7)14-11(15)8(2)9(3)12(14)16/h7,10,13H,4-6H2,1-3H3.